The molecule has 0 aliphatic heterocycles. The Hall–Kier alpha value is -1.39. The smallest absolute Gasteiger partial charge is 0.251 e. The van der Waals surface area contributed by atoms with Gasteiger partial charge in [0.05, 0.1) is 6.61 Å². The van der Waals surface area contributed by atoms with Crippen LogP contribution in [-0.4, -0.2) is 25.6 Å². The third kappa shape index (κ3) is 4.55. The van der Waals surface area contributed by atoms with E-state index < -0.39 is 0 Å². The van der Waals surface area contributed by atoms with Crippen molar-refractivity contribution >= 4 is 5.91 Å². The summed E-state index contributed by atoms with van der Waals surface area (Å²) in [5.41, 5.74) is 7.56. The van der Waals surface area contributed by atoms with E-state index in [4.69, 9.17) is 10.5 Å². The van der Waals surface area contributed by atoms with Crippen molar-refractivity contribution in [2.75, 3.05) is 13.7 Å². The van der Waals surface area contributed by atoms with Crippen molar-refractivity contribution in [1.82, 2.24) is 5.32 Å². The summed E-state index contributed by atoms with van der Waals surface area (Å²) in [5.74, 6) is 0.490. The van der Waals surface area contributed by atoms with E-state index in [1.807, 2.05) is 24.3 Å². The second-order valence-corrected chi connectivity index (χ2v) is 5.85. The van der Waals surface area contributed by atoms with Gasteiger partial charge < -0.3 is 15.8 Å². The van der Waals surface area contributed by atoms with Crippen molar-refractivity contribution in [2.45, 2.75) is 44.8 Å². The van der Waals surface area contributed by atoms with Gasteiger partial charge in [0.25, 0.3) is 5.91 Å². The van der Waals surface area contributed by atoms with Crippen molar-refractivity contribution in [2.24, 2.45) is 11.7 Å². The van der Waals surface area contributed by atoms with Crippen LogP contribution < -0.4 is 11.1 Å². The first-order valence-electron chi connectivity index (χ1n) is 7.83. The minimum atomic E-state index is -0.0334. The van der Waals surface area contributed by atoms with Crippen LogP contribution in [0.3, 0.4) is 0 Å². The van der Waals surface area contributed by atoms with E-state index >= 15 is 0 Å². The highest BCUT2D eigenvalue weighted by Gasteiger charge is 2.24. The Morgan fingerprint density at radius 2 is 2.14 bits per heavy atom. The molecular formula is C17H26N2O2. The molecule has 0 spiro atoms. The lowest BCUT2D eigenvalue weighted by Crippen LogP contribution is -2.45. The molecule has 0 saturated heterocycles. The lowest BCUT2D eigenvalue weighted by molar-refractivity contribution is 0.0915. The number of methoxy groups -OCH3 is 1. The lowest BCUT2D eigenvalue weighted by atomic mass is 9.84. The Kier molecular flexibility index (Phi) is 6.21. The summed E-state index contributed by atoms with van der Waals surface area (Å²) in [7, 11) is 1.65. The standard InChI is InChI=1S/C17H26N2O2/c1-21-12-13-6-5-9-15(10-13)17(20)19-16(11-18)14-7-3-2-4-8-14/h5-6,9-10,14,16H,2-4,7-8,11-12,18H2,1H3,(H,19,20). The van der Waals surface area contributed by atoms with Gasteiger partial charge in [0.2, 0.25) is 0 Å². The van der Waals surface area contributed by atoms with Gasteiger partial charge in [0, 0.05) is 25.3 Å². The monoisotopic (exact) mass is 290 g/mol. The minimum absolute atomic E-state index is 0.0334. The van der Waals surface area contributed by atoms with Crippen LogP contribution in [0.5, 0.6) is 0 Å². The Morgan fingerprint density at radius 1 is 1.38 bits per heavy atom. The van der Waals surface area contributed by atoms with Gasteiger partial charge in [0.1, 0.15) is 0 Å². The van der Waals surface area contributed by atoms with E-state index in [9.17, 15) is 4.79 Å². The largest absolute Gasteiger partial charge is 0.380 e. The van der Waals surface area contributed by atoms with Gasteiger partial charge in [-0.15, -0.1) is 0 Å². The van der Waals surface area contributed by atoms with Crippen molar-refractivity contribution in [3.05, 3.63) is 35.4 Å². The maximum Gasteiger partial charge on any atom is 0.251 e. The van der Waals surface area contributed by atoms with Crippen LogP contribution in [0.25, 0.3) is 0 Å². The number of hydrogen-bond donors (Lipinski definition) is 2. The molecule has 1 aromatic carbocycles. The number of rotatable bonds is 6. The third-order valence-corrected chi connectivity index (χ3v) is 4.29. The highest BCUT2D eigenvalue weighted by Crippen LogP contribution is 2.26. The fourth-order valence-electron chi connectivity index (χ4n) is 3.13. The summed E-state index contributed by atoms with van der Waals surface area (Å²) in [6.07, 6.45) is 6.15. The van der Waals surface area contributed by atoms with E-state index in [2.05, 4.69) is 5.32 Å². The van der Waals surface area contributed by atoms with Gasteiger partial charge in [-0.05, 0) is 36.5 Å². The van der Waals surface area contributed by atoms with Crippen molar-refractivity contribution in [3.8, 4) is 0 Å². The normalized spacial score (nSPS) is 17.4. The molecule has 2 rings (SSSR count). The van der Waals surface area contributed by atoms with Gasteiger partial charge in [-0.1, -0.05) is 31.4 Å². The van der Waals surface area contributed by atoms with Crippen LogP contribution in [0.2, 0.25) is 0 Å². The minimum Gasteiger partial charge on any atom is -0.380 e. The maximum absolute atomic E-state index is 12.4. The summed E-state index contributed by atoms with van der Waals surface area (Å²) in [6, 6.07) is 7.66. The molecule has 0 heterocycles. The topological polar surface area (TPSA) is 64.3 Å². The fraction of sp³-hybridized carbons (Fsp3) is 0.588. The molecule has 4 nitrogen and oxygen atoms in total. The van der Waals surface area contributed by atoms with Crippen LogP contribution in [-0.2, 0) is 11.3 Å². The summed E-state index contributed by atoms with van der Waals surface area (Å²) in [6.45, 7) is 1.03. The average molecular weight is 290 g/mol. The molecule has 1 atom stereocenters. The van der Waals surface area contributed by atoms with Crippen molar-refractivity contribution < 1.29 is 9.53 Å². The molecule has 0 aromatic heterocycles. The Balaban J connectivity index is 1.99. The highest BCUT2D eigenvalue weighted by atomic mass is 16.5. The third-order valence-electron chi connectivity index (χ3n) is 4.29. The van der Waals surface area contributed by atoms with Crippen molar-refractivity contribution in [3.63, 3.8) is 0 Å². The van der Waals surface area contributed by atoms with E-state index in [0.29, 0.717) is 24.6 Å². The number of amides is 1. The summed E-state index contributed by atoms with van der Waals surface area (Å²) in [4.78, 5) is 12.4. The van der Waals surface area contributed by atoms with Crippen LogP contribution in [0.4, 0.5) is 0 Å². The Morgan fingerprint density at radius 3 is 2.81 bits per heavy atom. The zero-order chi connectivity index (χ0) is 15.1. The Bertz CT molecular complexity index is 456. The summed E-state index contributed by atoms with van der Waals surface area (Å²) < 4.78 is 5.11. The number of nitrogens with one attached hydrogen (secondary N) is 1. The molecule has 1 amide bonds. The summed E-state index contributed by atoms with van der Waals surface area (Å²) in [5, 5.41) is 3.12. The number of ether oxygens (including phenoxy) is 1. The number of nitrogens with two attached hydrogens (primary N) is 1. The first-order chi connectivity index (χ1) is 10.2. The predicted molar refractivity (Wildman–Crippen MR) is 84.0 cm³/mol. The van der Waals surface area contributed by atoms with E-state index in [1.54, 1.807) is 7.11 Å². The van der Waals surface area contributed by atoms with Gasteiger partial charge in [-0.25, -0.2) is 0 Å². The van der Waals surface area contributed by atoms with E-state index in [-0.39, 0.29) is 11.9 Å². The fourth-order valence-corrected chi connectivity index (χ4v) is 3.13. The Labute approximate surface area is 127 Å². The molecule has 1 aliphatic carbocycles. The van der Waals surface area contributed by atoms with Crippen LogP contribution >= 0.6 is 0 Å². The molecule has 3 N–H and O–H groups in total. The average Bonchev–Trinajstić information content (AvgIpc) is 2.54. The van der Waals surface area contributed by atoms with Crippen molar-refractivity contribution in [1.29, 1.82) is 0 Å². The predicted octanol–water partition coefficient (Wildman–Crippen LogP) is 2.47. The van der Waals surface area contributed by atoms with Gasteiger partial charge in [0.15, 0.2) is 0 Å². The summed E-state index contributed by atoms with van der Waals surface area (Å²) >= 11 is 0. The molecule has 0 bridgehead atoms. The van der Waals surface area contributed by atoms with Gasteiger partial charge >= 0.3 is 0 Å². The van der Waals surface area contributed by atoms with Crippen LogP contribution in [0.15, 0.2) is 24.3 Å². The van der Waals surface area contributed by atoms with E-state index in [0.717, 1.165) is 5.56 Å². The van der Waals surface area contributed by atoms with Gasteiger partial charge in [-0.3, -0.25) is 4.79 Å². The highest BCUT2D eigenvalue weighted by molar-refractivity contribution is 5.94. The maximum atomic E-state index is 12.4. The molecule has 1 unspecified atom stereocenters. The number of benzene rings is 1. The quantitative estimate of drug-likeness (QED) is 0.846. The molecule has 116 valence electrons. The zero-order valence-corrected chi connectivity index (χ0v) is 12.8. The molecule has 1 aliphatic rings. The molecule has 21 heavy (non-hydrogen) atoms. The van der Waals surface area contributed by atoms with E-state index in [1.165, 1.54) is 32.1 Å². The molecule has 1 fully saturated rings. The first-order valence-corrected chi connectivity index (χ1v) is 7.83. The lowest BCUT2D eigenvalue weighted by Gasteiger charge is -2.30. The molecule has 1 aromatic rings. The number of hydrogen-bond acceptors (Lipinski definition) is 3. The van der Waals surface area contributed by atoms with Crippen LogP contribution in [0, 0.1) is 5.92 Å². The number of carbonyl (C=O) groups excluding carboxylic acids is 1. The van der Waals surface area contributed by atoms with Gasteiger partial charge in [-0.2, -0.15) is 0 Å². The molecule has 0 radical (unpaired) electrons. The molecule has 4 heteroatoms. The SMILES string of the molecule is COCc1cccc(C(=O)NC(CN)C2CCCCC2)c1. The van der Waals surface area contributed by atoms with Crippen LogP contribution in [0.1, 0.15) is 48.0 Å². The second-order valence-electron chi connectivity index (χ2n) is 5.85. The number of carbonyl (C=O) groups is 1. The first kappa shape index (κ1) is 16.0. The molecular weight excluding hydrogens is 264 g/mol. The molecule has 1 saturated carbocycles. The zero-order valence-electron chi connectivity index (χ0n) is 12.8. The second kappa shape index (κ2) is 8.15.